The molecule has 4 aromatic rings. The van der Waals surface area contributed by atoms with E-state index in [-0.39, 0.29) is 55.3 Å². The van der Waals surface area contributed by atoms with Crippen molar-refractivity contribution in [2.24, 2.45) is 0 Å². The molecule has 318 valence electrons. The van der Waals surface area contributed by atoms with E-state index in [4.69, 9.17) is 9.72 Å². The van der Waals surface area contributed by atoms with Crippen LogP contribution in [0.3, 0.4) is 0 Å². The fourth-order valence-corrected chi connectivity index (χ4v) is 7.97. The molecule has 0 aliphatic carbocycles. The number of amides is 6. The highest BCUT2D eigenvalue weighted by molar-refractivity contribution is 9.10. The van der Waals surface area contributed by atoms with Crippen LogP contribution in [0.25, 0.3) is 0 Å². The number of carbonyl (C=O) groups excluding carboxylic acids is 6. The lowest BCUT2D eigenvalue weighted by atomic mass is 10.0. The van der Waals surface area contributed by atoms with Gasteiger partial charge in [0.2, 0.25) is 29.6 Å². The lowest BCUT2D eigenvalue weighted by Crippen LogP contribution is -2.52. The second-order valence-corrected chi connectivity index (χ2v) is 15.8. The van der Waals surface area contributed by atoms with Gasteiger partial charge in [-0.05, 0) is 73.8 Å². The molecule has 1 unspecified atom stereocenters. The molecule has 3 aliphatic heterocycles. The topological polar surface area (TPSA) is 207 Å². The van der Waals surface area contributed by atoms with Crippen molar-refractivity contribution in [3.63, 3.8) is 0 Å². The molecule has 1 fully saturated rings. The highest BCUT2D eigenvalue weighted by Crippen LogP contribution is 2.37. The number of likely N-dealkylation sites (N-methyl/N-ethyl adjacent to an activating group) is 1. The van der Waals surface area contributed by atoms with Crippen molar-refractivity contribution in [3.8, 4) is 5.75 Å². The molecule has 3 aromatic carbocycles. The van der Waals surface area contributed by atoms with Crippen molar-refractivity contribution in [1.29, 1.82) is 0 Å². The number of piperidine rings is 1. The average molecular weight is 896 g/mol. The number of aromatic nitrogens is 2. The van der Waals surface area contributed by atoms with Gasteiger partial charge in [-0.25, -0.2) is 4.98 Å². The summed E-state index contributed by atoms with van der Waals surface area (Å²) in [5, 5.41) is 14.6. The molecule has 5 N–H and O–H groups in total. The molecule has 4 heterocycles. The molecule has 6 amide bonds. The number of rotatable bonds is 16. The van der Waals surface area contributed by atoms with Gasteiger partial charge in [-0.15, -0.1) is 0 Å². The summed E-state index contributed by atoms with van der Waals surface area (Å²) < 4.78 is 6.60. The van der Waals surface area contributed by atoms with Crippen molar-refractivity contribution in [1.82, 2.24) is 30.8 Å². The molecular weight excluding hydrogens is 848 g/mol. The summed E-state index contributed by atoms with van der Waals surface area (Å²) in [6.45, 7) is 3.97. The van der Waals surface area contributed by atoms with Crippen LogP contribution in [0.2, 0.25) is 0 Å². The molecule has 0 bridgehead atoms. The third-order valence-electron chi connectivity index (χ3n) is 10.9. The summed E-state index contributed by atoms with van der Waals surface area (Å²) in [6.07, 6.45) is 3.40. The van der Waals surface area contributed by atoms with Gasteiger partial charge in [0.1, 0.15) is 23.5 Å². The SMILES string of the molecule is CC[C@@H]1C(=O)N(C)c2cnc(Nc3ccc(C(=O)NCCNCCCC(=O)Nc4cccc5c4CN(C4CCC(=O)NC4=O)C5=O)cc3OC)nc2N1Cc1ccc(Br)cc1. The van der Waals surface area contributed by atoms with Crippen LogP contribution in [0.5, 0.6) is 5.75 Å². The van der Waals surface area contributed by atoms with Gasteiger partial charge in [-0.1, -0.05) is 41.1 Å². The third-order valence-corrected chi connectivity index (χ3v) is 11.5. The zero-order valence-corrected chi connectivity index (χ0v) is 35.6. The van der Waals surface area contributed by atoms with Gasteiger partial charge < -0.3 is 40.7 Å². The Morgan fingerprint density at radius 3 is 2.56 bits per heavy atom. The van der Waals surface area contributed by atoms with Crippen molar-refractivity contribution in [2.75, 3.05) is 54.2 Å². The largest absolute Gasteiger partial charge is 0.495 e. The second kappa shape index (κ2) is 18.9. The highest BCUT2D eigenvalue weighted by Gasteiger charge is 2.40. The standard InChI is InChI=1S/C43H47BrN10O7/c1-4-32-42(60)52(2)34-22-47-43(51-38(34)53(32)23-25-10-13-27(44)14-11-25)49-31-15-12-26(21-35(31)61-3)39(57)46-20-19-45-18-6-9-36(55)48-30-8-5-7-28-29(30)24-54(41(28)59)33-16-17-37(56)50-40(33)58/h5,7-8,10-15,21-22,32-33,45H,4,6,9,16-20,23-24H2,1-3H3,(H,46,57)(H,48,55)(H,47,49,51)(H,50,56,58)/t32-,33?/m1/s1. The summed E-state index contributed by atoms with van der Waals surface area (Å²) >= 11 is 3.49. The van der Waals surface area contributed by atoms with E-state index in [1.807, 2.05) is 36.1 Å². The first-order valence-corrected chi connectivity index (χ1v) is 20.9. The van der Waals surface area contributed by atoms with Crippen molar-refractivity contribution >= 4 is 80.2 Å². The van der Waals surface area contributed by atoms with Crippen molar-refractivity contribution < 1.29 is 33.5 Å². The van der Waals surface area contributed by atoms with Crippen LogP contribution >= 0.6 is 15.9 Å². The van der Waals surface area contributed by atoms with E-state index in [9.17, 15) is 28.8 Å². The Balaban J connectivity index is 0.874. The Hall–Kier alpha value is -6.40. The fourth-order valence-electron chi connectivity index (χ4n) is 7.70. The molecule has 18 heteroatoms. The Labute approximate surface area is 361 Å². The molecule has 0 saturated carbocycles. The molecule has 1 saturated heterocycles. The van der Waals surface area contributed by atoms with Crippen molar-refractivity contribution in [2.45, 2.75) is 64.2 Å². The molecule has 17 nitrogen and oxygen atoms in total. The minimum atomic E-state index is -0.737. The van der Waals surface area contributed by atoms with E-state index in [0.717, 1.165) is 10.0 Å². The average Bonchev–Trinajstić information content (AvgIpc) is 3.59. The van der Waals surface area contributed by atoms with E-state index in [2.05, 4.69) is 47.5 Å². The maximum absolute atomic E-state index is 13.3. The number of imide groups is 1. The number of nitrogens with one attached hydrogen (secondary N) is 5. The molecular formula is C43H47BrN10O7. The van der Waals surface area contributed by atoms with E-state index < -0.39 is 18.0 Å². The fraction of sp³-hybridized carbons (Fsp3) is 0.349. The van der Waals surface area contributed by atoms with Crippen LogP contribution in [0.1, 0.15) is 70.9 Å². The van der Waals surface area contributed by atoms with Gasteiger partial charge in [0, 0.05) is 72.9 Å². The lowest BCUT2D eigenvalue weighted by Gasteiger charge is -2.40. The Kier molecular flexibility index (Phi) is 13.2. The number of halogens is 1. The number of methoxy groups -OCH3 is 1. The van der Waals surface area contributed by atoms with Gasteiger partial charge in [0.15, 0.2) is 5.82 Å². The van der Waals surface area contributed by atoms with E-state index in [1.165, 1.54) is 12.0 Å². The molecule has 0 spiro atoms. The van der Waals surface area contributed by atoms with E-state index >= 15 is 0 Å². The highest BCUT2D eigenvalue weighted by atomic mass is 79.9. The normalized spacial score (nSPS) is 17.1. The first kappa shape index (κ1) is 42.7. The van der Waals surface area contributed by atoms with Crippen LogP contribution < -0.4 is 41.1 Å². The Morgan fingerprint density at radius 1 is 1.00 bits per heavy atom. The Morgan fingerprint density at radius 2 is 1.80 bits per heavy atom. The smallest absolute Gasteiger partial charge is 0.255 e. The van der Waals surface area contributed by atoms with Gasteiger partial charge in [-0.3, -0.25) is 34.1 Å². The maximum Gasteiger partial charge on any atom is 0.255 e. The molecule has 61 heavy (non-hydrogen) atoms. The molecule has 7 rings (SSSR count). The quantitative estimate of drug-likeness (QED) is 0.0791. The zero-order chi connectivity index (χ0) is 43.2. The first-order valence-electron chi connectivity index (χ1n) is 20.1. The van der Waals surface area contributed by atoms with Gasteiger partial charge >= 0.3 is 0 Å². The maximum atomic E-state index is 13.3. The molecule has 0 radical (unpaired) electrons. The lowest BCUT2D eigenvalue weighted by molar-refractivity contribution is -0.137. The minimum absolute atomic E-state index is 0.0278. The summed E-state index contributed by atoms with van der Waals surface area (Å²) in [5.41, 5.74) is 4.17. The monoisotopic (exact) mass is 894 g/mol. The number of fused-ring (bicyclic) bond motifs is 2. The summed E-state index contributed by atoms with van der Waals surface area (Å²) in [4.78, 5) is 90.7. The summed E-state index contributed by atoms with van der Waals surface area (Å²) in [7, 11) is 3.24. The van der Waals surface area contributed by atoms with Crippen LogP contribution in [-0.4, -0.2) is 96.2 Å². The van der Waals surface area contributed by atoms with Crippen LogP contribution in [-0.2, 0) is 32.3 Å². The zero-order valence-electron chi connectivity index (χ0n) is 34.0. The summed E-state index contributed by atoms with van der Waals surface area (Å²) in [5.74, 6) is -0.342. The van der Waals surface area contributed by atoms with Gasteiger partial charge in [0.05, 0.1) is 19.0 Å². The molecule has 1 aromatic heterocycles. The first-order chi connectivity index (χ1) is 29.4. The third kappa shape index (κ3) is 9.49. The van der Waals surface area contributed by atoms with E-state index in [0.29, 0.717) is 90.3 Å². The van der Waals surface area contributed by atoms with Crippen LogP contribution in [0.4, 0.5) is 28.8 Å². The predicted octanol–water partition coefficient (Wildman–Crippen LogP) is 4.25. The van der Waals surface area contributed by atoms with Crippen molar-refractivity contribution in [3.05, 3.63) is 93.6 Å². The van der Waals surface area contributed by atoms with Gasteiger partial charge in [0.25, 0.3) is 11.8 Å². The number of hydrogen-bond acceptors (Lipinski definition) is 12. The molecule has 3 aliphatic rings. The second-order valence-electron chi connectivity index (χ2n) is 14.9. The summed E-state index contributed by atoms with van der Waals surface area (Å²) in [6, 6.07) is 16.9. The van der Waals surface area contributed by atoms with Crippen LogP contribution in [0.15, 0.2) is 71.3 Å². The molecule has 2 atom stereocenters. The predicted molar refractivity (Wildman–Crippen MR) is 232 cm³/mol. The number of benzene rings is 3. The van der Waals surface area contributed by atoms with E-state index in [1.54, 1.807) is 54.5 Å². The number of nitrogens with zero attached hydrogens (tertiary/aromatic N) is 5. The number of anilines is 5. The number of carbonyl (C=O) groups is 6. The number of hydrogen-bond donors (Lipinski definition) is 5. The Bertz CT molecular complexity index is 2360. The minimum Gasteiger partial charge on any atom is -0.495 e. The number of ether oxygens (including phenoxy) is 1. The van der Waals surface area contributed by atoms with Gasteiger partial charge in [-0.2, -0.15) is 4.98 Å². The van der Waals surface area contributed by atoms with Crippen LogP contribution in [0, 0.1) is 0 Å².